The second-order valence-electron chi connectivity index (χ2n) is 8.88. The van der Waals surface area contributed by atoms with E-state index in [1.165, 1.54) is 0 Å². The number of benzene rings is 4. The number of nitrogens with zero attached hydrogens (tertiary/aromatic N) is 1. The van der Waals surface area contributed by atoms with Crippen LogP contribution in [0.3, 0.4) is 0 Å². The van der Waals surface area contributed by atoms with Gasteiger partial charge in [-0.3, -0.25) is 0 Å². The molecular formula is C32H36BrNO4. The van der Waals surface area contributed by atoms with Crippen molar-refractivity contribution in [2.45, 2.75) is 0 Å². The number of rotatable bonds is 16. The molecule has 0 spiro atoms. The van der Waals surface area contributed by atoms with Crippen LogP contribution in [-0.4, -0.2) is 57.1 Å². The fraction of sp³-hybridized carbons (Fsp3) is 0.250. The van der Waals surface area contributed by atoms with Crippen molar-refractivity contribution in [2.75, 3.05) is 52.6 Å². The molecule has 0 fully saturated rings. The van der Waals surface area contributed by atoms with Gasteiger partial charge in [0, 0.05) is 0 Å². The van der Waals surface area contributed by atoms with E-state index in [2.05, 4.69) is 0 Å². The van der Waals surface area contributed by atoms with E-state index < -0.39 is 0 Å². The summed E-state index contributed by atoms with van der Waals surface area (Å²) in [6.07, 6.45) is 0. The predicted molar refractivity (Wildman–Crippen MR) is 147 cm³/mol. The largest absolute Gasteiger partial charge is 1.00 e. The molecule has 200 valence electrons. The first-order valence-corrected chi connectivity index (χ1v) is 12.9. The van der Waals surface area contributed by atoms with Crippen molar-refractivity contribution < 1.29 is 40.4 Å². The van der Waals surface area contributed by atoms with Crippen LogP contribution in [0.4, 0.5) is 0 Å². The Balaban J connectivity index is 0.00000400. The maximum atomic E-state index is 6.12. The summed E-state index contributed by atoms with van der Waals surface area (Å²) < 4.78 is 25.2. The molecule has 6 heteroatoms. The van der Waals surface area contributed by atoms with Crippen molar-refractivity contribution in [3.63, 3.8) is 0 Å². The summed E-state index contributed by atoms with van der Waals surface area (Å²) in [5.74, 6) is 3.51. The molecule has 0 aliphatic carbocycles. The van der Waals surface area contributed by atoms with Crippen LogP contribution in [0.15, 0.2) is 121 Å². The third-order valence-corrected chi connectivity index (χ3v) is 6.31. The lowest BCUT2D eigenvalue weighted by Gasteiger charge is -2.38. The van der Waals surface area contributed by atoms with Crippen LogP contribution >= 0.6 is 0 Å². The summed E-state index contributed by atoms with van der Waals surface area (Å²) in [6, 6.07) is 39.8. The van der Waals surface area contributed by atoms with Gasteiger partial charge in [-0.1, -0.05) is 72.8 Å². The van der Waals surface area contributed by atoms with Crippen molar-refractivity contribution in [1.82, 2.24) is 0 Å². The molecule has 0 saturated carbocycles. The lowest BCUT2D eigenvalue weighted by molar-refractivity contribution is -0.928. The molecule has 0 atom stereocenters. The monoisotopic (exact) mass is 577 g/mol. The first-order valence-electron chi connectivity index (χ1n) is 12.9. The van der Waals surface area contributed by atoms with Gasteiger partial charge in [0.2, 0.25) is 0 Å². The average Bonchev–Trinajstić information content (AvgIpc) is 2.95. The van der Waals surface area contributed by atoms with E-state index in [0.717, 1.165) is 53.7 Å². The first-order chi connectivity index (χ1) is 18.3. The Kier molecular flexibility index (Phi) is 12.5. The Labute approximate surface area is 236 Å². The molecular weight excluding hydrogens is 542 g/mol. The SMILES string of the molecule is [Br-].c1ccc(OCC[N+](CCOc2ccccc2)(CCOc2ccccc2)CCOc2ccccc2)cc1. The van der Waals surface area contributed by atoms with E-state index in [9.17, 15) is 0 Å². The van der Waals surface area contributed by atoms with Gasteiger partial charge < -0.3 is 40.4 Å². The number of halogens is 1. The number of hydrogen-bond acceptors (Lipinski definition) is 4. The maximum absolute atomic E-state index is 6.12. The van der Waals surface area contributed by atoms with Gasteiger partial charge in [-0.2, -0.15) is 0 Å². The van der Waals surface area contributed by atoms with E-state index in [0.29, 0.717) is 26.4 Å². The van der Waals surface area contributed by atoms with Gasteiger partial charge in [-0.15, -0.1) is 0 Å². The maximum Gasteiger partial charge on any atom is 0.137 e. The van der Waals surface area contributed by atoms with Gasteiger partial charge in [-0.25, -0.2) is 0 Å². The van der Waals surface area contributed by atoms with E-state index in [1.807, 2.05) is 121 Å². The second kappa shape index (κ2) is 16.4. The van der Waals surface area contributed by atoms with Gasteiger partial charge in [0.05, 0.1) is 0 Å². The Morgan fingerprint density at radius 3 is 0.763 bits per heavy atom. The van der Waals surface area contributed by atoms with Crippen LogP contribution in [0.25, 0.3) is 0 Å². The van der Waals surface area contributed by atoms with Crippen molar-refractivity contribution in [3.8, 4) is 23.0 Å². The Hall–Kier alpha value is -3.48. The lowest BCUT2D eigenvalue weighted by atomic mass is 10.3. The van der Waals surface area contributed by atoms with Crippen LogP contribution in [0, 0.1) is 0 Å². The highest BCUT2D eigenvalue weighted by Gasteiger charge is 2.28. The summed E-state index contributed by atoms with van der Waals surface area (Å²) in [6.45, 7) is 5.59. The van der Waals surface area contributed by atoms with Crippen LogP contribution in [0.5, 0.6) is 23.0 Å². The standard InChI is InChI=1S/C32H36NO4.BrH/c1-5-13-29(14-6-1)34-25-21-33(22-26-35-30-15-7-2-8-16-30,23-27-36-31-17-9-3-10-18-31)24-28-37-32-19-11-4-12-20-32;/h1-20H,21-28H2;1H/q+1;/p-1. The fourth-order valence-electron chi connectivity index (χ4n) is 4.17. The molecule has 5 nitrogen and oxygen atoms in total. The number of para-hydroxylation sites is 4. The van der Waals surface area contributed by atoms with E-state index >= 15 is 0 Å². The van der Waals surface area contributed by atoms with E-state index in [4.69, 9.17) is 18.9 Å². The minimum absolute atomic E-state index is 0. The van der Waals surface area contributed by atoms with Gasteiger partial charge in [0.1, 0.15) is 75.6 Å². The average molecular weight is 579 g/mol. The second-order valence-corrected chi connectivity index (χ2v) is 8.88. The summed E-state index contributed by atoms with van der Waals surface area (Å²) >= 11 is 0. The Bertz CT molecular complexity index is 944. The van der Waals surface area contributed by atoms with E-state index in [1.54, 1.807) is 0 Å². The zero-order valence-corrected chi connectivity index (χ0v) is 23.2. The topological polar surface area (TPSA) is 36.9 Å². The van der Waals surface area contributed by atoms with Gasteiger partial charge in [0.25, 0.3) is 0 Å². The minimum Gasteiger partial charge on any atom is -1.00 e. The van der Waals surface area contributed by atoms with Crippen LogP contribution < -0.4 is 35.9 Å². The quantitative estimate of drug-likeness (QED) is 0.192. The predicted octanol–water partition coefficient (Wildman–Crippen LogP) is 3.12. The first kappa shape index (κ1) is 29.1. The highest BCUT2D eigenvalue weighted by Crippen LogP contribution is 2.16. The normalized spacial score (nSPS) is 10.7. The number of ether oxygens (including phenoxy) is 4. The molecule has 0 aliphatic heterocycles. The number of hydrogen-bond donors (Lipinski definition) is 0. The summed E-state index contributed by atoms with van der Waals surface area (Å²) in [5, 5.41) is 0. The Morgan fingerprint density at radius 1 is 0.342 bits per heavy atom. The molecule has 0 heterocycles. The molecule has 0 amide bonds. The number of quaternary nitrogens is 1. The molecule has 0 aliphatic rings. The molecule has 0 aromatic heterocycles. The van der Waals surface area contributed by atoms with Crippen molar-refractivity contribution in [2.24, 2.45) is 0 Å². The lowest BCUT2D eigenvalue weighted by Crippen LogP contribution is -3.00. The van der Waals surface area contributed by atoms with Crippen LogP contribution in [-0.2, 0) is 0 Å². The third kappa shape index (κ3) is 10.1. The van der Waals surface area contributed by atoms with Crippen molar-refractivity contribution in [3.05, 3.63) is 121 Å². The van der Waals surface area contributed by atoms with Crippen molar-refractivity contribution >= 4 is 0 Å². The summed E-state index contributed by atoms with van der Waals surface area (Å²) in [5.41, 5.74) is 0. The highest BCUT2D eigenvalue weighted by atomic mass is 79.9. The molecule has 38 heavy (non-hydrogen) atoms. The minimum atomic E-state index is 0. The zero-order valence-electron chi connectivity index (χ0n) is 21.7. The molecule has 0 unspecified atom stereocenters. The zero-order chi connectivity index (χ0) is 25.4. The van der Waals surface area contributed by atoms with E-state index in [-0.39, 0.29) is 17.0 Å². The Morgan fingerprint density at radius 2 is 0.553 bits per heavy atom. The van der Waals surface area contributed by atoms with Crippen LogP contribution in [0.2, 0.25) is 0 Å². The van der Waals surface area contributed by atoms with Gasteiger partial charge >= 0.3 is 0 Å². The molecule has 0 radical (unpaired) electrons. The van der Waals surface area contributed by atoms with Crippen molar-refractivity contribution in [1.29, 1.82) is 0 Å². The molecule has 0 N–H and O–H groups in total. The third-order valence-electron chi connectivity index (χ3n) is 6.31. The smallest absolute Gasteiger partial charge is 0.137 e. The fourth-order valence-corrected chi connectivity index (χ4v) is 4.17. The molecule has 0 bridgehead atoms. The highest BCUT2D eigenvalue weighted by molar-refractivity contribution is 5.22. The van der Waals surface area contributed by atoms with Gasteiger partial charge in [-0.05, 0) is 48.5 Å². The molecule has 4 aromatic rings. The molecule has 0 saturated heterocycles. The van der Waals surface area contributed by atoms with Crippen LogP contribution in [0.1, 0.15) is 0 Å². The summed E-state index contributed by atoms with van der Waals surface area (Å²) in [7, 11) is 0. The van der Waals surface area contributed by atoms with Gasteiger partial charge in [0.15, 0.2) is 0 Å². The molecule has 4 rings (SSSR count). The molecule has 4 aromatic carbocycles. The summed E-state index contributed by atoms with van der Waals surface area (Å²) in [4.78, 5) is 0.